The second-order valence-corrected chi connectivity index (χ2v) is 4.33. The highest BCUT2D eigenvalue weighted by Crippen LogP contribution is 2.13. The van der Waals surface area contributed by atoms with E-state index in [0.29, 0.717) is 0 Å². The Labute approximate surface area is 88.7 Å². The van der Waals surface area contributed by atoms with Gasteiger partial charge in [-0.2, -0.15) is 0 Å². The zero-order chi connectivity index (χ0) is 11.5. The number of carbonyl (C=O) groups is 2. The van der Waals surface area contributed by atoms with Gasteiger partial charge in [0.25, 0.3) is 5.91 Å². The minimum atomic E-state index is -0.434. The summed E-state index contributed by atoms with van der Waals surface area (Å²) in [4.78, 5) is 22.9. The molecule has 0 radical (unpaired) electrons. The number of nitrogens with one attached hydrogen (secondary N) is 1. The number of amides is 1. The molecule has 1 N–H and O–H groups in total. The fourth-order valence-corrected chi connectivity index (χ4v) is 0.921. The summed E-state index contributed by atoms with van der Waals surface area (Å²) < 4.78 is 4.89. The summed E-state index contributed by atoms with van der Waals surface area (Å²) >= 11 is 0. The van der Waals surface area contributed by atoms with E-state index in [-0.39, 0.29) is 24.0 Å². The highest BCUT2D eigenvalue weighted by atomic mass is 16.3. The molecule has 1 aromatic heterocycles. The van der Waals surface area contributed by atoms with Crippen molar-refractivity contribution in [2.45, 2.75) is 20.8 Å². The minimum Gasteiger partial charge on any atom is -0.459 e. The van der Waals surface area contributed by atoms with Crippen LogP contribution in [0.5, 0.6) is 0 Å². The summed E-state index contributed by atoms with van der Waals surface area (Å²) in [6.45, 7) is 5.47. The van der Waals surface area contributed by atoms with E-state index in [9.17, 15) is 9.59 Å². The number of hydrogen-bond donors (Lipinski definition) is 1. The zero-order valence-electron chi connectivity index (χ0n) is 9.16. The Hall–Kier alpha value is -1.58. The molecule has 0 fully saturated rings. The number of hydrogen-bond acceptors (Lipinski definition) is 3. The summed E-state index contributed by atoms with van der Waals surface area (Å²) in [6, 6.07) is 3.18. The summed E-state index contributed by atoms with van der Waals surface area (Å²) in [5.41, 5.74) is -0.434. The molecule has 82 valence electrons. The van der Waals surface area contributed by atoms with E-state index in [1.54, 1.807) is 12.1 Å². The molecular formula is C11H15NO3. The van der Waals surface area contributed by atoms with Crippen molar-refractivity contribution in [1.82, 2.24) is 5.32 Å². The Morgan fingerprint density at radius 2 is 2.07 bits per heavy atom. The van der Waals surface area contributed by atoms with Gasteiger partial charge in [-0.05, 0) is 12.1 Å². The van der Waals surface area contributed by atoms with E-state index >= 15 is 0 Å². The van der Waals surface area contributed by atoms with Gasteiger partial charge in [0, 0.05) is 5.41 Å². The van der Waals surface area contributed by atoms with Crippen molar-refractivity contribution in [3.63, 3.8) is 0 Å². The molecule has 0 saturated carbocycles. The van der Waals surface area contributed by atoms with Gasteiger partial charge in [0.05, 0.1) is 12.8 Å². The molecule has 15 heavy (non-hydrogen) atoms. The predicted molar refractivity (Wildman–Crippen MR) is 55.5 cm³/mol. The third-order valence-electron chi connectivity index (χ3n) is 1.99. The average Bonchev–Trinajstić information content (AvgIpc) is 2.64. The summed E-state index contributed by atoms with van der Waals surface area (Å²) in [5.74, 6) is -0.156. The predicted octanol–water partition coefficient (Wildman–Crippen LogP) is 1.62. The van der Waals surface area contributed by atoms with Crippen LogP contribution < -0.4 is 5.32 Å². The third kappa shape index (κ3) is 3.23. The van der Waals surface area contributed by atoms with Crippen LogP contribution in [0.25, 0.3) is 0 Å². The molecule has 4 nitrogen and oxygen atoms in total. The summed E-state index contributed by atoms with van der Waals surface area (Å²) in [7, 11) is 0. The molecule has 0 aliphatic heterocycles. The number of furan rings is 1. The van der Waals surface area contributed by atoms with Crippen LogP contribution in [0.4, 0.5) is 0 Å². The maximum absolute atomic E-state index is 11.5. The molecule has 0 bridgehead atoms. The molecule has 0 saturated heterocycles. The van der Waals surface area contributed by atoms with Gasteiger partial charge in [0.15, 0.2) is 11.5 Å². The van der Waals surface area contributed by atoms with Crippen molar-refractivity contribution < 1.29 is 14.0 Å². The molecule has 0 aromatic carbocycles. The second-order valence-electron chi connectivity index (χ2n) is 4.33. The number of ketones is 1. The van der Waals surface area contributed by atoms with Crippen molar-refractivity contribution in [2.75, 3.05) is 6.54 Å². The maximum Gasteiger partial charge on any atom is 0.287 e. The largest absolute Gasteiger partial charge is 0.459 e. The monoisotopic (exact) mass is 209 g/mol. The molecule has 0 aliphatic rings. The lowest BCUT2D eigenvalue weighted by atomic mass is 9.91. The second kappa shape index (κ2) is 4.29. The third-order valence-corrected chi connectivity index (χ3v) is 1.99. The van der Waals surface area contributed by atoms with Crippen molar-refractivity contribution in [2.24, 2.45) is 5.41 Å². The number of Topliss-reactive ketones (excluding diaryl/α,β-unsaturated/α-hetero) is 1. The summed E-state index contributed by atoms with van der Waals surface area (Å²) in [6.07, 6.45) is 1.42. The van der Waals surface area contributed by atoms with E-state index in [0.717, 1.165) is 0 Å². The Morgan fingerprint density at radius 1 is 1.40 bits per heavy atom. The Bertz CT molecular complexity index is 346. The standard InChI is InChI=1S/C11H15NO3/c1-11(2,3)9(13)7-12-10(14)8-5-4-6-15-8/h4-6H,7H2,1-3H3,(H,12,14). The molecule has 0 atom stereocenters. The highest BCUT2D eigenvalue weighted by Gasteiger charge is 2.21. The lowest BCUT2D eigenvalue weighted by Gasteiger charge is -2.16. The minimum absolute atomic E-state index is 0.0117. The van der Waals surface area contributed by atoms with Crippen LogP contribution in [0.15, 0.2) is 22.8 Å². The van der Waals surface area contributed by atoms with Crippen molar-refractivity contribution >= 4 is 11.7 Å². The first-order valence-electron chi connectivity index (χ1n) is 4.76. The van der Waals surface area contributed by atoms with E-state index < -0.39 is 5.41 Å². The molecular weight excluding hydrogens is 194 g/mol. The fraction of sp³-hybridized carbons (Fsp3) is 0.455. The quantitative estimate of drug-likeness (QED) is 0.823. The highest BCUT2D eigenvalue weighted by molar-refractivity contribution is 5.95. The van der Waals surface area contributed by atoms with Gasteiger partial charge in [-0.15, -0.1) is 0 Å². The molecule has 0 spiro atoms. The molecule has 0 unspecified atom stereocenters. The number of carbonyl (C=O) groups excluding carboxylic acids is 2. The SMILES string of the molecule is CC(C)(C)C(=O)CNC(=O)c1ccco1. The van der Waals surface area contributed by atoms with E-state index in [4.69, 9.17) is 4.42 Å². The Kier molecular flexibility index (Phi) is 3.29. The normalized spacial score (nSPS) is 11.1. The van der Waals surface area contributed by atoms with Gasteiger partial charge in [0.2, 0.25) is 0 Å². The average molecular weight is 209 g/mol. The number of rotatable bonds is 3. The first-order valence-corrected chi connectivity index (χ1v) is 4.76. The first kappa shape index (κ1) is 11.5. The van der Waals surface area contributed by atoms with Gasteiger partial charge < -0.3 is 9.73 Å². The molecule has 1 amide bonds. The Balaban J connectivity index is 2.45. The van der Waals surface area contributed by atoms with Gasteiger partial charge in [0.1, 0.15) is 0 Å². The first-order chi connectivity index (χ1) is 6.91. The Morgan fingerprint density at radius 3 is 2.53 bits per heavy atom. The van der Waals surface area contributed by atoms with Crippen LogP contribution in [0, 0.1) is 5.41 Å². The van der Waals surface area contributed by atoms with Crippen LogP contribution in [-0.4, -0.2) is 18.2 Å². The van der Waals surface area contributed by atoms with E-state index in [1.165, 1.54) is 6.26 Å². The van der Waals surface area contributed by atoms with Gasteiger partial charge in [-0.25, -0.2) is 0 Å². The van der Waals surface area contributed by atoms with Gasteiger partial charge >= 0.3 is 0 Å². The van der Waals surface area contributed by atoms with Gasteiger partial charge in [-0.3, -0.25) is 9.59 Å². The maximum atomic E-state index is 11.5. The van der Waals surface area contributed by atoms with Crippen molar-refractivity contribution in [1.29, 1.82) is 0 Å². The van der Waals surface area contributed by atoms with E-state index in [1.807, 2.05) is 20.8 Å². The lowest BCUT2D eigenvalue weighted by molar-refractivity contribution is -0.125. The summed E-state index contributed by atoms with van der Waals surface area (Å²) in [5, 5.41) is 2.51. The molecule has 0 aliphatic carbocycles. The van der Waals surface area contributed by atoms with Crippen LogP contribution >= 0.6 is 0 Å². The lowest BCUT2D eigenvalue weighted by Crippen LogP contribution is -2.35. The van der Waals surface area contributed by atoms with Gasteiger partial charge in [-0.1, -0.05) is 20.8 Å². The van der Waals surface area contributed by atoms with Crippen LogP contribution in [0.2, 0.25) is 0 Å². The molecule has 4 heteroatoms. The van der Waals surface area contributed by atoms with Crippen LogP contribution in [0.1, 0.15) is 31.3 Å². The van der Waals surface area contributed by atoms with Crippen LogP contribution in [0.3, 0.4) is 0 Å². The molecule has 1 aromatic rings. The smallest absolute Gasteiger partial charge is 0.287 e. The fourth-order valence-electron chi connectivity index (χ4n) is 0.921. The topological polar surface area (TPSA) is 59.3 Å². The van der Waals surface area contributed by atoms with Crippen molar-refractivity contribution in [3.8, 4) is 0 Å². The molecule has 1 heterocycles. The van der Waals surface area contributed by atoms with E-state index in [2.05, 4.69) is 5.32 Å². The van der Waals surface area contributed by atoms with Crippen molar-refractivity contribution in [3.05, 3.63) is 24.2 Å². The molecule has 1 rings (SSSR count). The zero-order valence-corrected chi connectivity index (χ0v) is 9.16. The van der Waals surface area contributed by atoms with Crippen LogP contribution in [-0.2, 0) is 4.79 Å².